The Bertz CT molecular complexity index is 1280. The molecule has 8 nitrogen and oxygen atoms in total. The number of amides is 1. The number of benzene rings is 1. The molecule has 1 saturated heterocycles. The molecule has 1 aliphatic heterocycles. The Morgan fingerprint density at radius 3 is 2.69 bits per heavy atom. The minimum atomic E-state index is -0.135. The number of nitrogens with zero attached hydrogens (tertiary/aromatic N) is 4. The van der Waals surface area contributed by atoms with Gasteiger partial charge in [-0.1, -0.05) is 11.3 Å². The van der Waals surface area contributed by atoms with Gasteiger partial charge in [0.1, 0.15) is 17.4 Å². The van der Waals surface area contributed by atoms with Crippen LogP contribution in [0, 0.1) is 6.92 Å². The number of fused-ring (bicyclic) bond motifs is 1. The molecule has 2 aromatic heterocycles. The summed E-state index contributed by atoms with van der Waals surface area (Å²) in [6.07, 6.45) is 4.51. The van der Waals surface area contributed by atoms with Gasteiger partial charge in [-0.05, 0) is 81.1 Å². The van der Waals surface area contributed by atoms with E-state index in [1.165, 1.54) is 34.3 Å². The van der Waals surface area contributed by atoms with E-state index in [0.717, 1.165) is 47.2 Å². The Hall–Kier alpha value is -3.04. The van der Waals surface area contributed by atoms with Crippen LogP contribution in [0.15, 0.2) is 35.1 Å². The molecule has 0 radical (unpaired) electrons. The number of hydrogen-bond acceptors (Lipinski definition) is 7. The van der Waals surface area contributed by atoms with Crippen molar-refractivity contribution in [2.45, 2.75) is 51.2 Å². The van der Waals surface area contributed by atoms with Gasteiger partial charge in [-0.15, -0.1) is 0 Å². The number of carbonyl (C=O) groups excluding carboxylic acids is 1. The first-order chi connectivity index (χ1) is 16.9. The number of aryl methyl sites for hydroxylation is 3. The van der Waals surface area contributed by atoms with Crippen LogP contribution in [-0.2, 0) is 26.5 Å². The highest BCUT2D eigenvalue weighted by Gasteiger charge is 2.35. The number of likely N-dealkylation sites (N-methyl/N-ethyl adjacent to an activating group) is 1. The van der Waals surface area contributed by atoms with Gasteiger partial charge < -0.3 is 15.0 Å². The number of likely N-dealkylation sites (tertiary alicyclic amines) is 1. The Morgan fingerprint density at radius 1 is 1.17 bits per heavy atom. The molecule has 1 amide bonds. The number of hydrogen-bond donors (Lipinski definition) is 1. The maximum Gasteiger partial charge on any atom is 0.324 e. The molecule has 2 aliphatic rings. The average Bonchev–Trinajstić information content (AvgIpc) is 3.38. The summed E-state index contributed by atoms with van der Waals surface area (Å²) in [5, 5.41) is 8.29. The lowest BCUT2D eigenvalue weighted by Gasteiger charge is -2.20. The van der Waals surface area contributed by atoms with Crippen molar-refractivity contribution in [3.63, 3.8) is 0 Å². The lowest BCUT2D eigenvalue weighted by atomic mass is 9.92. The highest BCUT2D eigenvalue weighted by atomic mass is 32.1. The van der Waals surface area contributed by atoms with Crippen LogP contribution in [0.1, 0.15) is 56.6 Å². The molecule has 1 aliphatic carbocycles. The summed E-state index contributed by atoms with van der Waals surface area (Å²) >= 11 is 1.15. The van der Waals surface area contributed by atoms with Crippen LogP contribution in [0.5, 0.6) is 5.75 Å². The van der Waals surface area contributed by atoms with E-state index in [0.29, 0.717) is 18.7 Å². The fraction of sp³-hybridized carbons (Fsp3) is 0.462. The first kappa shape index (κ1) is 23.7. The summed E-state index contributed by atoms with van der Waals surface area (Å²) in [6.45, 7) is 4.00. The van der Waals surface area contributed by atoms with E-state index < -0.39 is 0 Å². The van der Waals surface area contributed by atoms with Crippen LogP contribution in [-0.4, -0.2) is 51.8 Å². The van der Waals surface area contributed by atoms with Crippen molar-refractivity contribution in [2.24, 2.45) is 7.05 Å². The first-order valence-electron chi connectivity index (χ1n) is 12.1. The molecule has 0 spiro atoms. The third kappa shape index (κ3) is 5.16. The van der Waals surface area contributed by atoms with E-state index >= 15 is 0 Å². The number of aromatic nitrogens is 3. The topological polar surface area (TPSA) is 89.4 Å². The van der Waals surface area contributed by atoms with Crippen LogP contribution < -0.4 is 14.9 Å². The zero-order valence-electron chi connectivity index (χ0n) is 20.4. The highest BCUT2D eigenvalue weighted by Crippen LogP contribution is 2.28. The lowest BCUT2D eigenvalue weighted by molar-refractivity contribution is 0.0935. The average molecular weight is 494 g/mol. The molecule has 1 fully saturated rings. The van der Waals surface area contributed by atoms with Crippen LogP contribution in [0.2, 0.25) is 0 Å². The van der Waals surface area contributed by atoms with Crippen molar-refractivity contribution in [3.8, 4) is 5.75 Å². The number of ether oxygens (including phenoxy) is 1. The quantitative estimate of drug-likeness (QED) is 0.568. The van der Waals surface area contributed by atoms with E-state index in [1.54, 1.807) is 19.2 Å². The second-order valence-corrected chi connectivity index (χ2v) is 10.6. The number of pyridine rings is 1. The van der Waals surface area contributed by atoms with Crippen molar-refractivity contribution >= 4 is 17.2 Å². The summed E-state index contributed by atoms with van der Waals surface area (Å²) in [5.74, 6) is 0.599. The third-order valence-corrected chi connectivity index (χ3v) is 7.90. The number of nitrogens with one attached hydrogen (secondary N) is 1. The molecule has 0 bridgehead atoms. The van der Waals surface area contributed by atoms with Crippen LogP contribution in [0.25, 0.3) is 0 Å². The lowest BCUT2D eigenvalue weighted by Crippen LogP contribution is -2.39. The summed E-state index contributed by atoms with van der Waals surface area (Å²) in [4.78, 5) is 31.7. The summed E-state index contributed by atoms with van der Waals surface area (Å²) in [6, 6.07) is 9.31. The maximum absolute atomic E-state index is 13.0. The van der Waals surface area contributed by atoms with Gasteiger partial charge in [0, 0.05) is 43.0 Å². The Labute approximate surface area is 209 Å². The molecule has 9 heteroatoms. The Kier molecular flexibility index (Phi) is 6.71. The minimum absolute atomic E-state index is 0.000189. The standard InChI is InChI=1S/C26H31N5O3S/c1-16-12-18(20-6-4-5-7-22(20)27-16)15-34-19-10-8-17(9-11-19)24(32)28-23-14-30(2)13-21(23)25-29-31(3)26(33)35-25/h8-12,21,23H,4-7,13-15H2,1-3H3,(H,28,32)/t21-,23+/m0/s1. The maximum atomic E-state index is 13.0. The molecule has 35 heavy (non-hydrogen) atoms. The van der Waals surface area contributed by atoms with Crippen molar-refractivity contribution < 1.29 is 9.53 Å². The highest BCUT2D eigenvalue weighted by molar-refractivity contribution is 7.09. The molecule has 3 aromatic rings. The Balaban J connectivity index is 1.23. The molecule has 2 atom stereocenters. The molecule has 184 valence electrons. The second kappa shape index (κ2) is 9.91. The van der Waals surface area contributed by atoms with Crippen LogP contribution >= 0.6 is 11.3 Å². The predicted molar refractivity (Wildman–Crippen MR) is 135 cm³/mol. The van der Waals surface area contributed by atoms with Gasteiger partial charge in [-0.2, -0.15) is 5.10 Å². The Morgan fingerprint density at radius 2 is 1.94 bits per heavy atom. The molecule has 0 saturated carbocycles. The monoisotopic (exact) mass is 493 g/mol. The van der Waals surface area contributed by atoms with Gasteiger partial charge in [-0.3, -0.25) is 14.6 Å². The van der Waals surface area contributed by atoms with Gasteiger partial charge in [-0.25, -0.2) is 4.68 Å². The number of carbonyl (C=O) groups is 1. The second-order valence-electron chi connectivity index (χ2n) is 9.61. The van der Waals surface area contributed by atoms with Crippen molar-refractivity contribution in [2.75, 3.05) is 20.1 Å². The molecule has 5 rings (SSSR count). The van der Waals surface area contributed by atoms with Crippen LogP contribution in [0.4, 0.5) is 0 Å². The molecule has 0 unspecified atom stereocenters. The van der Waals surface area contributed by atoms with Crippen LogP contribution in [0.3, 0.4) is 0 Å². The van der Waals surface area contributed by atoms with Gasteiger partial charge >= 0.3 is 4.87 Å². The van der Waals surface area contributed by atoms with Gasteiger partial charge in [0.05, 0.1) is 6.04 Å². The van der Waals surface area contributed by atoms with E-state index in [9.17, 15) is 9.59 Å². The van der Waals surface area contributed by atoms with Crippen molar-refractivity contribution in [1.82, 2.24) is 25.0 Å². The molecule has 1 aromatic carbocycles. The molecular formula is C26H31N5O3S. The smallest absolute Gasteiger partial charge is 0.324 e. The van der Waals surface area contributed by atoms with Crippen molar-refractivity contribution in [3.05, 3.63) is 73.1 Å². The fourth-order valence-electron chi connectivity index (χ4n) is 5.10. The van der Waals surface area contributed by atoms with Crippen molar-refractivity contribution in [1.29, 1.82) is 0 Å². The van der Waals surface area contributed by atoms with Gasteiger partial charge in [0.2, 0.25) is 0 Å². The third-order valence-electron chi connectivity index (χ3n) is 6.87. The summed E-state index contributed by atoms with van der Waals surface area (Å²) in [5.41, 5.74) is 5.38. The first-order valence-corrected chi connectivity index (χ1v) is 12.9. The molecule has 1 N–H and O–H groups in total. The van der Waals surface area contributed by atoms with Gasteiger partial charge in [0.15, 0.2) is 0 Å². The predicted octanol–water partition coefficient (Wildman–Crippen LogP) is 2.83. The minimum Gasteiger partial charge on any atom is -0.489 e. The SMILES string of the molecule is Cc1cc(COc2ccc(C(=O)N[C@@H]3CN(C)C[C@@H]3c3nn(C)c(=O)s3)cc2)c2c(n1)CCCC2. The molecule has 3 heterocycles. The molecular weight excluding hydrogens is 462 g/mol. The van der Waals surface area contributed by atoms with E-state index in [2.05, 4.69) is 21.4 Å². The zero-order chi connectivity index (χ0) is 24.5. The van der Waals surface area contributed by atoms with E-state index in [1.807, 2.05) is 26.1 Å². The fourth-order valence-corrected chi connectivity index (χ4v) is 6.00. The summed E-state index contributed by atoms with van der Waals surface area (Å²) < 4.78 is 7.44. The normalized spacial score (nSPS) is 20.0. The zero-order valence-corrected chi connectivity index (χ0v) is 21.2. The van der Waals surface area contributed by atoms with E-state index in [4.69, 9.17) is 9.72 Å². The van der Waals surface area contributed by atoms with E-state index in [-0.39, 0.29) is 22.7 Å². The largest absolute Gasteiger partial charge is 0.489 e. The summed E-state index contributed by atoms with van der Waals surface area (Å²) in [7, 11) is 3.67. The van der Waals surface area contributed by atoms with Gasteiger partial charge in [0.25, 0.3) is 5.91 Å². The number of rotatable bonds is 6.